The van der Waals surface area contributed by atoms with Crippen molar-refractivity contribution in [3.8, 4) is 0 Å². The average Bonchev–Trinajstić information content (AvgIpc) is 2.67. The maximum Gasteiger partial charge on any atom is 0.416 e. The number of hydrogen-bond donors (Lipinski definition) is 1. The Kier molecular flexibility index (Phi) is 6.22. The molecule has 7 heteroatoms. The Morgan fingerprint density at radius 2 is 1.47 bits per heavy atom. The molecule has 1 saturated heterocycles. The van der Waals surface area contributed by atoms with Crippen molar-refractivity contribution in [2.45, 2.75) is 57.5 Å². The highest BCUT2D eigenvalue weighted by atomic mass is 19.4. The molecular weight excluding hydrogens is 398 g/mol. The van der Waals surface area contributed by atoms with E-state index in [2.05, 4.69) is 5.32 Å². The Morgan fingerprint density at radius 3 is 1.90 bits per heavy atom. The molecule has 0 radical (unpaired) electrons. The molecule has 0 saturated carbocycles. The van der Waals surface area contributed by atoms with Crippen LogP contribution in [0.3, 0.4) is 0 Å². The Hall–Kier alpha value is -2.41. The predicted octanol–water partition coefficient (Wildman–Crippen LogP) is 5.97. The van der Waals surface area contributed by atoms with Gasteiger partial charge in [-0.25, -0.2) is 4.39 Å². The normalized spacial score (nSPS) is 24.7. The molecule has 1 heterocycles. The van der Waals surface area contributed by atoms with E-state index in [0.717, 1.165) is 17.7 Å². The van der Waals surface area contributed by atoms with E-state index in [1.165, 1.54) is 24.3 Å². The molecule has 1 aliphatic rings. The summed E-state index contributed by atoms with van der Waals surface area (Å²) in [6, 6.07) is 10.8. The molecule has 2 aromatic carbocycles. The maximum atomic E-state index is 13.4. The lowest BCUT2D eigenvalue weighted by Crippen LogP contribution is -2.52. The number of carbonyl (C=O) groups is 1. The van der Waals surface area contributed by atoms with Crippen LogP contribution in [-0.2, 0) is 15.7 Å². The van der Waals surface area contributed by atoms with Crippen molar-refractivity contribution in [1.29, 1.82) is 0 Å². The molecule has 0 aromatic heterocycles. The number of benzene rings is 2. The van der Waals surface area contributed by atoms with E-state index >= 15 is 0 Å². The molecule has 0 unspecified atom stereocenters. The van der Waals surface area contributed by atoms with E-state index in [0.29, 0.717) is 18.4 Å². The summed E-state index contributed by atoms with van der Waals surface area (Å²) >= 11 is 0. The highest BCUT2D eigenvalue weighted by Crippen LogP contribution is 2.44. The van der Waals surface area contributed by atoms with Crippen LogP contribution in [-0.4, -0.2) is 11.4 Å². The molecule has 30 heavy (non-hydrogen) atoms. The number of amides is 1. The molecule has 1 amide bonds. The van der Waals surface area contributed by atoms with Gasteiger partial charge in [0.25, 0.3) is 0 Å². The second-order valence-corrected chi connectivity index (χ2v) is 8.40. The summed E-state index contributed by atoms with van der Waals surface area (Å²) in [5, 5.41) is 3.07. The number of nitrogens with one attached hydrogen (secondary N) is 1. The Balaban J connectivity index is 1.91. The van der Waals surface area contributed by atoms with Crippen LogP contribution in [0.25, 0.3) is 0 Å². The van der Waals surface area contributed by atoms with Gasteiger partial charge >= 0.3 is 6.18 Å². The first kappa shape index (κ1) is 22.3. The van der Waals surface area contributed by atoms with Gasteiger partial charge in [0, 0.05) is 24.3 Å². The van der Waals surface area contributed by atoms with Crippen LogP contribution in [0.1, 0.15) is 62.5 Å². The van der Waals surface area contributed by atoms with Crippen LogP contribution in [0.5, 0.6) is 0 Å². The molecule has 3 nitrogen and oxygen atoms in total. The van der Waals surface area contributed by atoms with E-state index in [4.69, 9.17) is 4.74 Å². The highest BCUT2D eigenvalue weighted by molar-refractivity contribution is 5.78. The van der Waals surface area contributed by atoms with E-state index in [1.54, 1.807) is 26.0 Å². The van der Waals surface area contributed by atoms with Gasteiger partial charge in [0.1, 0.15) is 5.82 Å². The lowest BCUT2D eigenvalue weighted by molar-refractivity contribution is -0.138. The van der Waals surface area contributed by atoms with Gasteiger partial charge in [-0.2, -0.15) is 13.2 Å². The van der Waals surface area contributed by atoms with Crippen LogP contribution in [0, 0.1) is 11.7 Å². The van der Waals surface area contributed by atoms with E-state index in [1.807, 2.05) is 6.92 Å². The molecule has 0 spiro atoms. The fourth-order valence-corrected chi connectivity index (χ4v) is 3.70. The second kappa shape index (κ2) is 8.38. The molecule has 3 rings (SSSR count). The standard InChI is InChI=1S/C23H25F4NO2/c1-14(2)21(29)28-22(3)12-19(15-4-8-17(9-5-15)23(25,26)27)30-20(13-22)16-6-10-18(24)11-7-16/h4-11,14,19-20H,12-13H2,1-3H3,(H,28,29)/t19-,20+,22-/m1/s1. The summed E-state index contributed by atoms with van der Waals surface area (Å²) in [7, 11) is 0. The van der Waals surface area contributed by atoms with Crippen molar-refractivity contribution in [3.05, 3.63) is 71.0 Å². The summed E-state index contributed by atoms with van der Waals surface area (Å²) in [6.07, 6.45) is -4.50. The predicted molar refractivity (Wildman–Crippen MR) is 105 cm³/mol. The van der Waals surface area contributed by atoms with Gasteiger partial charge in [-0.1, -0.05) is 38.1 Å². The molecular formula is C23H25F4NO2. The monoisotopic (exact) mass is 423 g/mol. The first-order chi connectivity index (χ1) is 14.0. The van der Waals surface area contributed by atoms with Crippen molar-refractivity contribution < 1.29 is 27.1 Å². The van der Waals surface area contributed by atoms with E-state index < -0.39 is 29.5 Å². The molecule has 0 aliphatic carbocycles. The number of rotatable bonds is 4. The van der Waals surface area contributed by atoms with Gasteiger partial charge in [0.15, 0.2) is 0 Å². The molecule has 1 fully saturated rings. The van der Waals surface area contributed by atoms with E-state index in [9.17, 15) is 22.4 Å². The van der Waals surface area contributed by atoms with Crippen LogP contribution >= 0.6 is 0 Å². The Morgan fingerprint density at radius 1 is 1.00 bits per heavy atom. The quantitative estimate of drug-likeness (QED) is 0.616. The van der Waals surface area contributed by atoms with Crippen molar-refractivity contribution in [1.82, 2.24) is 5.32 Å². The number of halogens is 4. The van der Waals surface area contributed by atoms with Crippen molar-refractivity contribution in [2.24, 2.45) is 5.92 Å². The van der Waals surface area contributed by atoms with Crippen molar-refractivity contribution in [3.63, 3.8) is 0 Å². The fraction of sp³-hybridized carbons (Fsp3) is 0.435. The van der Waals surface area contributed by atoms with Gasteiger partial charge in [-0.15, -0.1) is 0 Å². The largest absolute Gasteiger partial charge is 0.416 e. The Labute approximate surface area is 173 Å². The van der Waals surface area contributed by atoms with Crippen LogP contribution in [0.4, 0.5) is 17.6 Å². The molecule has 162 valence electrons. The van der Waals surface area contributed by atoms with Crippen molar-refractivity contribution >= 4 is 5.91 Å². The summed E-state index contributed by atoms with van der Waals surface area (Å²) in [5.74, 6) is -0.688. The minimum absolute atomic E-state index is 0.108. The summed E-state index contributed by atoms with van der Waals surface area (Å²) < 4.78 is 58.3. The number of carbonyl (C=O) groups excluding carboxylic acids is 1. The first-order valence-corrected chi connectivity index (χ1v) is 9.87. The Bertz CT molecular complexity index is 878. The smallest absolute Gasteiger partial charge is 0.365 e. The van der Waals surface area contributed by atoms with E-state index in [-0.39, 0.29) is 17.6 Å². The highest BCUT2D eigenvalue weighted by Gasteiger charge is 2.41. The third kappa shape index (κ3) is 5.19. The molecule has 1 aliphatic heterocycles. The van der Waals surface area contributed by atoms with Gasteiger partial charge in [-0.05, 0) is 42.3 Å². The second-order valence-electron chi connectivity index (χ2n) is 8.40. The van der Waals surface area contributed by atoms with Gasteiger partial charge in [0.05, 0.1) is 17.8 Å². The molecule has 3 atom stereocenters. The zero-order valence-electron chi connectivity index (χ0n) is 17.1. The van der Waals surface area contributed by atoms with Crippen LogP contribution in [0.2, 0.25) is 0 Å². The van der Waals surface area contributed by atoms with Crippen molar-refractivity contribution in [2.75, 3.05) is 0 Å². The van der Waals surface area contributed by atoms with Crippen LogP contribution < -0.4 is 5.32 Å². The molecule has 0 bridgehead atoms. The van der Waals surface area contributed by atoms with Crippen LogP contribution in [0.15, 0.2) is 48.5 Å². The summed E-state index contributed by atoms with van der Waals surface area (Å²) in [4.78, 5) is 12.4. The minimum Gasteiger partial charge on any atom is -0.365 e. The third-order valence-corrected chi connectivity index (χ3v) is 5.40. The molecule has 1 N–H and O–H groups in total. The number of ether oxygens (including phenoxy) is 1. The zero-order chi connectivity index (χ0) is 22.1. The fourth-order valence-electron chi connectivity index (χ4n) is 3.70. The zero-order valence-corrected chi connectivity index (χ0v) is 17.1. The third-order valence-electron chi connectivity index (χ3n) is 5.40. The lowest BCUT2D eigenvalue weighted by Gasteiger charge is -2.43. The number of hydrogen-bond acceptors (Lipinski definition) is 2. The summed E-state index contributed by atoms with van der Waals surface area (Å²) in [5.41, 5.74) is -0.0164. The summed E-state index contributed by atoms with van der Waals surface area (Å²) in [6.45, 7) is 5.50. The minimum atomic E-state index is -4.41. The van der Waals surface area contributed by atoms with Gasteiger partial charge < -0.3 is 10.1 Å². The van der Waals surface area contributed by atoms with Gasteiger partial charge in [0.2, 0.25) is 5.91 Å². The molecule has 2 aromatic rings. The lowest BCUT2D eigenvalue weighted by atomic mass is 9.81. The maximum absolute atomic E-state index is 13.4. The first-order valence-electron chi connectivity index (χ1n) is 9.87. The average molecular weight is 423 g/mol. The van der Waals surface area contributed by atoms with Gasteiger partial charge in [-0.3, -0.25) is 4.79 Å². The number of alkyl halides is 3. The topological polar surface area (TPSA) is 38.3 Å². The SMILES string of the molecule is CC(C)C(=O)N[C@@]1(C)C[C@@H](c2ccc(F)cc2)O[C@@H](c2ccc(C(F)(F)F)cc2)C1.